The van der Waals surface area contributed by atoms with E-state index in [1.54, 1.807) is 6.33 Å². The van der Waals surface area contributed by atoms with Crippen molar-refractivity contribution < 1.29 is 4.74 Å². The molecule has 0 saturated carbocycles. The molecule has 1 unspecified atom stereocenters. The fourth-order valence-corrected chi connectivity index (χ4v) is 1.63. The van der Waals surface area contributed by atoms with Gasteiger partial charge in [-0.25, -0.2) is 9.67 Å². The Morgan fingerprint density at radius 1 is 1.71 bits per heavy atom. The molecule has 1 aliphatic heterocycles. The third-order valence-electron chi connectivity index (χ3n) is 2.46. The van der Waals surface area contributed by atoms with Crippen molar-refractivity contribution in [2.24, 2.45) is 0 Å². The summed E-state index contributed by atoms with van der Waals surface area (Å²) in [5.41, 5.74) is 0. The maximum atomic E-state index is 5.70. The monoisotopic (exact) mass is 196 g/mol. The lowest BCUT2D eigenvalue weighted by Gasteiger charge is -2.09. The Balaban J connectivity index is 1.84. The van der Waals surface area contributed by atoms with Crippen molar-refractivity contribution in [3.05, 3.63) is 12.2 Å². The third kappa shape index (κ3) is 2.10. The Morgan fingerprint density at radius 2 is 2.64 bits per heavy atom. The minimum absolute atomic E-state index is 0.344. The first-order chi connectivity index (χ1) is 6.90. The molecule has 2 heterocycles. The van der Waals surface area contributed by atoms with Crippen molar-refractivity contribution in [3.63, 3.8) is 0 Å². The van der Waals surface area contributed by atoms with E-state index in [-0.39, 0.29) is 0 Å². The van der Waals surface area contributed by atoms with Crippen molar-refractivity contribution in [1.29, 1.82) is 0 Å². The molecule has 1 fully saturated rings. The highest BCUT2D eigenvalue weighted by Gasteiger charge is 2.15. The first-order valence-corrected chi connectivity index (χ1v) is 5.09. The molecule has 0 spiro atoms. The fraction of sp³-hybridized carbons (Fsp3) is 0.778. The molecule has 1 aromatic rings. The van der Waals surface area contributed by atoms with Crippen LogP contribution in [-0.2, 0) is 17.9 Å². The minimum atomic E-state index is 0.344. The normalized spacial score (nSPS) is 21.6. The van der Waals surface area contributed by atoms with Gasteiger partial charge in [-0.1, -0.05) is 0 Å². The highest BCUT2D eigenvalue weighted by molar-refractivity contribution is 4.82. The first kappa shape index (κ1) is 9.61. The van der Waals surface area contributed by atoms with Gasteiger partial charge < -0.3 is 10.1 Å². The Bertz CT molecular complexity index is 280. The smallest absolute Gasteiger partial charge is 0.152 e. The van der Waals surface area contributed by atoms with Gasteiger partial charge in [0.15, 0.2) is 5.82 Å². The van der Waals surface area contributed by atoms with Gasteiger partial charge >= 0.3 is 0 Å². The molecule has 0 bridgehead atoms. The van der Waals surface area contributed by atoms with Gasteiger partial charge in [0.2, 0.25) is 0 Å². The van der Waals surface area contributed by atoms with Gasteiger partial charge in [-0.2, -0.15) is 5.10 Å². The summed E-state index contributed by atoms with van der Waals surface area (Å²) in [5, 5.41) is 7.35. The van der Waals surface area contributed by atoms with Crippen LogP contribution in [0, 0.1) is 0 Å². The lowest BCUT2D eigenvalue weighted by Crippen LogP contribution is -2.18. The van der Waals surface area contributed by atoms with Crippen LogP contribution >= 0.6 is 0 Å². The Kier molecular flexibility index (Phi) is 3.10. The summed E-state index contributed by atoms with van der Waals surface area (Å²) in [6.45, 7) is 5.49. The number of aromatic nitrogens is 3. The average Bonchev–Trinajstić information content (AvgIpc) is 2.85. The summed E-state index contributed by atoms with van der Waals surface area (Å²) in [5.74, 6) is 0.916. The summed E-state index contributed by atoms with van der Waals surface area (Å²) < 4.78 is 7.57. The maximum Gasteiger partial charge on any atom is 0.152 e. The van der Waals surface area contributed by atoms with E-state index in [4.69, 9.17) is 4.74 Å². The lowest BCUT2D eigenvalue weighted by molar-refractivity contribution is 0.0479. The summed E-state index contributed by atoms with van der Waals surface area (Å²) in [7, 11) is 0. The van der Waals surface area contributed by atoms with Crippen LogP contribution in [0.3, 0.4) is 0 Å². The van der Waals surface area contributed by atoms with E-state index >= 15 is 0 Å². The SMILES string of the molecule is CCn1ncnc1COC1CCNC1. The minimum Gasteiger partial charge on any atom is -0.369 e. The molecule has 5 nitrogen and oxygen atoms in total. The zero-order valence-electron chi connectivity index (χ0n) is 8.44. The highest BCUT2D eigenvalue weighted by atomic mass is 16.5. The zero-order valence-corrected chi connectivity index (χ0v) is 8.44. The van der Waals surface area contributed by atoms with Gasteiger partial charge in [-0.3, -0.25) is 0 Å². The van der Waals surface area contributed by atoms with Crippen LogP contribution in [0.4, 0.5) is 0 Å². The second-order valence-electron chi connectivity index (χ2n) is 3.42. The Labute approximate surface area is 83.5 Å². The molecular weight excluding hydrogens is 180 g/mol. The molecule has 0 aromatic carbocycles. The number of aryl methyl sites for hydroxylation is 1. The standard InChI is InChI=1S/C9H16N4O/c1-2-13-9(11-7-12-13)6-14-8-3-4-10-5-8/h7-8,10H,2-6H2,1H3. The molecule has 2 rings (SSSR count). The Morgan fingerprint density at radius 3 is 3.36 bits per heavy atom. The van der Waals surface area contributed by atoms with Crippen LogP contribution in [0.25, 0.3) is 0 Å². The molecule has 78 valence electrons. The predicted octanol–water partition coefficient (Wildman–Crippen LogP) is 0.176. The lowest BCUT2D eigenvalue weighted by atomic mass is 10.3. The number of nitrogens with one attached hydrogen (secondary N) is 1. The second-order valence-corrected chi connectivity index (χ2v) is 3.42. The molecule has 0 amide bonds. The molecule has 1 aromatic heterocycles. The molecule has 1 aliphatic rings. The predicted molar refractivity (Wildman–Crippen MR) is 51.8 cm³/mol. The number of rotatable bonds is 4. The van der Waals surface area contributed by atoms with E-state index < -0.39 is 0 Å². The van der Waals surface area contributed by atoms with Crippen molar-refractivity contribution >= 4 is 0 Å². The Hall–Kier alpha value is -0.940. The van der Waals surface area contributed by atoms with Crippen LogP contribution in [-0.4, -0.2) is 34.0 Å². The van der Waals surface area contributed by atoms with Crippen LogP contribution in [0.2, 0.25) is 0 Å². The van der Waals surface area contributed by atoms with E-state index in [0.717, 1.165) is 31.9 Å². The van der Waals surface area contributed by atoms with Gasteiger partial charge in [0.05, 0.1) is 6.10 Å². The van der Waals surface area contributed by atoms with Crippen molar-refractivity contribution in [3.8, 4) is 0 Å². The van der Waals surface area contributed by atoms with Crippen LogP contribution in [0.1, 0.15) is 19.2 Å². The van der Waals surface area contributed by atoms with Gasteiger partial charge in [-0.15, -0.1) is 0 Å². The quantitative estimate of drug-likeness (QED) is 0.746. The largest absolute Gasteiger partial charge is 0.369 e. The molecule has 1 N–H and O–H groups in total. The molecule has 1 saturated heterocycles. The number of ether oxygens (including phenoxy) is 1. The molecular formula is C9H16N4O. The average molecular weight is 196 g/mol. The maximum absolute atomic E-state index is 5.70. The van der Waals surface area contributed by atoms with Crippen LogP contribution < -0.4 is 5.32 Å². The van der Waals surface area contributed by atoms with Crippen LogP contribution in [0.15, 0.2) is 6.33 Å². The fourth-order valence-electron chi connectivity index (χ4n) is 1.63. The first-order valence-electron chi connectivity index (χ1n) is 5.09. The van der Waals surface area contributed by atoms with Crippen LogP contribution in [0.5, 0.6) is 0 Å². The summed E-state index contributed by atoms with van der Waals surface area (Å²) in [4.78, 5) is 4.15. The van der Waals surface area contributed by atoms with Crippen molar-refractivity contribution in [1.82, 2.24) is 20.1 Å². The third-order valence-corrected chi connectivity index (χ3v) is 2.46. The van der Waals surface area contributed by atoms with Gasteiger partial charge in [0.1, 0.15) is 12.9 Å². The molecule has 0 radical (unpaired) electrons. The van der Waals surface area contributed by atoms with E-state index in [1.807, 2.05) is 4.68 Å². The molecule has 0 aliphatic carbocycles. The topological polar surface area (TPSA) is 52.0 Å². The van der Waals surface area contributed by atoms with Crippen molar-refractivity contribution in [2.75, 3.05) is 13.1 Å². The summed E-state index contributed by atoms with van der Waals surface area (Å²) >= 11 is 0. The van der Waals surface area contributed by atoms with Crippen molar-refractivity contribution in [2.45, 2.75) is 32.6 Å². The highest BCUT2D eigenvalue weighted by Crippen LogP contribution is 2.06. The van der Waals surface area contributed by atoms with E-state index in [2.05, 4.69) is 22.3 Å². The van der Waals surface area contributed by atoms with E-state index in [0.29, 0.717) is 12.7 Å². The van der Waals surface area contributed by atoms with Gasteiger partial charge in [0, 0.05) is 13.1 Å². The van der Waals surface area contributed by atoms with E-state index in [9.17, 15) is 0 Å². The van der Waals surface area contributed by atoms with Gasteiger partial charge in [-0.05, 0) is 19.9 Å². The number of nitrogens with zero attached hydrogens (tertiary/aromatic N) is 3. The summed E-state index contributed by atoms with van der Waals surface area (Å²) in [6.07, 6.45) is 3.02. The number of hydrogen-bond donors (Lipinski definition) is 1. The van der Waals surface area contributed by atoms with E-state index in [1.165, 1.54) is 0 Å². The van der Waals surface area contributed by atoms with Gasteiger partial charge in [0.25, 0.3) is 0 Å². The second kappa shape index (κ2) is 4.52. The molecule has 1 atom stereocenters. The number of hydrogen-bond acceptors (Lipinski definition) is 4. The molecule has 5 heteroatoms. The zero-order chi connectivity index (χ0) is 9.80. The summed E-state index contributed by atoms with van der Waals surface area (Å²) in [6, 6.07) is 0. The molecule has 14 heavy (non-hydrogen) atoms.